The topological polar surface area (TPSA) is 113 Å². The second kappa shape index (κ2) is 10.2. The molecule has 0 bridgehead atoms. The standard InChI is InChI=1S/C27H35N7O3/c35-24-27(10-11-28-24)16-19-17-30-26(32-23(19)34(25(27)36)21-6-2-3-7-21)31-20-8-9-22(29-18-20)37-15-14-33-12-4-1-5-13-33/h8-9,17-18,21H,1-7,10-16H2,(H,28,35)(H,30,31,32)/t27-/m1/s1. The number of ether oxygens (including phenoxy) is 1. The van der Waals surface area contributed by atoms with Crippen LogP contribution in [0.2, 0.25) is 0 Å². The van der Waals surface area contributed by atoms with Gasteiger partial charge in [0.25, 0.3) is 0 Å². The number of nitrogens with one attached hydrogen (secondary N) is 2. The van der Waals surface area contributed by atoms with Gasteiger partial charge in [-0.25, -0.2) is 9.97 Å². The zero-order valence-corrected chi connectivity index (χ0v) is 21.2. The fourth-order valence-corrected chi connectivity index (χ4v) is 6.20. The van der Waals surface area contributed by atoms with Crippen molar-refractivity contribution < 1.29 is 14.3 Å². The predicted octanol–water partition coefficient (Wildman–Crippen LogP) is 2.82. The number of anilines is 3. The molecular weight excluding hydrogens is 470 g/mol. The number of nitrogens with zero attached hydrogens (tertiary/aromatic N) is 5. The average molecular weight is 506 g/mol. The van der Waals surface area contributed by atoms with Gasteiger partial charge in [0.1, 0.15) is 17.8 Å². The maximum atomic E-state index is 13.8. The number of piperidine rings is 1. The van der Waals surface area contributed by atoms with Crippen molar-refractivity contribution in [2.24, 2.45) is 5.41 Å². The molecule has 3 fully saturated rings. The summed E-state index contributed by atoms with van der Waals surface area (Å²) in [4.78, 5) is 44.5. The van der Waals surface area contributed by atoms with Gasteiger partial charge in [-0.3, -0.25) is 19.4 Å². The summed E-state index contributed by atoms with van der Waals surface area (Å²) < 4.78 is 5.84. The average Bonchev–Trinajstić information content (AvgIpc) is 3.58. The fourth-order valence-electron chi connectivity index (χ4n) is 6.20. The van der Waals surface area contributed by atoms with Gasteiger partial charge >= 0.3 is 0 Å². The lowest BCUT2D eigenvalue weighted by atomic mass is 9.76. The lowest BCUT2D eigenvalue weighted by Gasteiger charge is -2.40. The number of pyridine rings is 1. The molecule has 1 atom stereocenters. The molecule has 2 N–H and O–H groups in total. The van der Waals surface area contributed by atoms with Crippen LogP contribution < -0.4 is 20.3 Å². The van der Waals surface area contributed by atoms with Gasteiger partial charge in [0.15, 0.2) is 0 Å². The maximum absolute atomic E-state index is 13.8. The number of hydrogen-bond donors (Lipinski definition) is 2. The number of carbonyl (C=O) groups is 2. The molecule has 3 aliphatic heterocycles. The molecule has 2 saturated heterocycles. The van der Waals surface area contributed by atoms with E-state index >= 15 is 0 Å². The Morgan fingerprint density at radius 3 is 2.62 bits per heavy atom. The smallest absolute Gasteiger partial charge is 0.244 e. The van der Waals surface area contributed by atoms with Gasteiger partial charge in [0, 0.05) is 43.4 Å². The van der Waals surface area contributed by atoms with Crippen LogP contribution in [0.4, 0.5) is 17.5 Å². The molecule has 0 aromatic carbocycles. The van der Waals surface area contributed by atoms with Crippen LogP contribution in [0.1, 0.15) is 56.9 Å². The van der Waals surface area contributed by atoms with Crippen LogP contribution in [0.3, 0.4) is 0 Å². The number of amides is 2. The Kier molecular flexibility index (Phi) is 6.67. The lowest BCUT2D eigenvalue weighted by Crippen LogP contribution is -2.56. The summed E-state index contributed by atoms with van der Waals surface area (Å²) in [6.45, 7) is 4.38. The van der Waals surface area contributed by atoms with E-state index in [-0.39, 0.29) is 17.9 Å². The zero-order chi connectivity index (χ0) is 25.2. The van der Waals surface area contributed by atoms with E-state index in [0.717, 1.165) is 56.6 Å². The number of fused-ring (bicyclic) bond motifs is 1. The van der Waals surface area contributed by atoms with E-state index in [2.05, 4.69) is 25.5 Å². The van der Waals surface area contributed by atoms with Crippen LogP contribution in [-0.4, -0.2) is 70.5 Å². The van der Waals surface area contributed by atoms with Gasteiger partial charge in [-0.1, -0.05) is 19.3 Å². The lowest BCUT2D eigenvalue weighted by molar-refractivity contribution is -0.140. The first-order valence-corrected chi connectivity index (χ1v) is 13.7. The molecular formula is C27H35N7O3. The Hall–Kier alpha value is -3.27. The number of likely N-dealkylation sites (tertiary alicyclic amines) is 1. The van der Waals surface area contributed by atoms with Crippen molar-refractivity contribution in [3.8, 4) is 5.88 Å². The summed E-state index contributed by atoms with van der Waals surface area (Å²) in [5, 5.41) is 6.09. The minimum absolute atomic E-state index is 0.0719. The van der Waals surface area contributed by atoms with Crippen molar-refractivity contribution in [3.05, 3.63) is 30.1 Å². The van der Waals surface area contributed by atoms with Crippen molar-refractivity contribution in [2.45, 2.75) is 63.8 Å². The van der Waals surface area contributed by atoms with Crippen LogP contribution in [0.25, 0.3) is 0 Å². The third kappa shape index (κ3) is 4.74. The molecule has 37 heavy (non-hydrogen) atoms. The summed E-state index contributed by atoms with van der Waals surface area (Å²) >= 11 is 0. The molecule has 2 aromatic rings. The molecule has 5 heterocycles. The van der Waals surface area contributed by atoms with Crippen molar-refractivity contribution in [3.63, 3.8) is 0 Å². The summed E-state index contributed by atoms with van der Waals surface area (Å²) in [5.74, 6) is 1.34. The Balaban J connectivity index is 1.16. The summed E-state index contributed by atoms with van der Waals surface area (Å²) in [6.07, 6.45) is 12.2. The van der Waals surface area contributed by atoms with Gasteiger partial charge in [-0.15, -0.1) is 0 Å². The molecule has 6 rings (SSSR count). The Morgan fingerprint density at radius 1 is 1.05 bits per heavy atom. The largest absolute Gasteiger partial charge is 0.476 e. The molecule has 10 nitrogen and oxygen atoms in total. The molecule has 2 aromatic heterocycles. The highest BCUT2D eigenvalue weighted by Gasteiger charge is 2.56. The van der Waals surface area contributed by atoms with Crippen LogP contribution in [0.15, 0.2) is 24.5 Å². The summed E-state index contributed by atoms with van der Waals surface area (Å²) in [6, 6.07) is 3.81. The highest BCUT2D eigenvalue weighted by atomic mass is 16.5. The van der Waals surface area contributed by atoms with Crippen LogP contribution in [-0.2, 0) is 16.0 Å². The van der Waals surface area contributed by atoms with Crippen LogP contribution >= 0.6 is 0 Å². The molecule has 10 heteroatoms. The van der Waals surface area contributed by atoms with Gasteiger partial charge in [0.2, 0.25) is 23.6 Å². The van der Waals surface area contributed by atoms with Gasteiger partial charge in [-0.05, 0) is 51.3 Å². The first-order valence-electron chi connectivity index (χ1n) is 13.7. The predicted molar refractivity (Wildman–Crippen MR) is 139 cm³/mol. The quantitative estimate of drug-likeness (QED) is 0.553. The number of carbonyl (C=O) groups excluding carboxylic acids is 2. The van der Waals surface area contributed by atoms with E-state index in [1.807, 2.05) is 12.1 Å². The molecule has 1 saturated carbocycles. The number of rotatable bonds is 7. The van der Waals surface area contributed by atoms with Gasteiger partial charge in [-0.2, -0.15) is 4.98 Å². The van der Waals surface area contributed by atoms with Crippen molar-refractivity contribution in [1.82, 2.24) is 25.2 Å². The highest BCUT2D eigenvalue weighted by molar-refractivity contribution is 6.14. The highest BCUT2D eigenvalue weighted by Crippen LogP contribution is 2.44. The van der Waals surface area contributed by atoms with Crippen molar-refractivity contribution >= 4 is 29.3 Å². The van der Waals surface area contributed by atoms with Crippen LogP contribution in [0.5, 0.6) is 5.88 Å². The van der Waals surface area contributed by atoms with Crippen LogP contribution in [0, 0.1) is 5.41 Å². The zero-order valence-electron chi connectivity index (χ0n) is 21.2. The number of hydrogen-bond acceptors (Lipinski definition) is 8. The van der Waals surface area contributed by atoms with E-state index in [4.69, 9.17) is 9.72 Å². The normalized spacial score (nSPS) is 24.4. The third-order valence-electron chi connectivity index (χ3n) is 8.25. The molecule has 0 radical (unpaired) electrons. The van der Waals surface area contributed by atoms with Gasteiger partial charge in [0.05, 0.1) is 11.9 Å². The van der Waals surface area contributed by atoms with E-state index in [1.165, 1.54) is 19.3 Å². The maximum Gasteiger partial charge on any atom is 0.244 e. The molecule has 1 spiro atoms. The minimum Gasteiger partial charge on any atom is -0.476 e. The second-order valence-electron chi connectivity index (χ2n) is 10.7. The molecule has 1 aliphatic carbocycles. The Labute approximate surface area is 217 Å². The van der Waals surface area contributed by atoms with E-state index in [0.29, 0.717) is 43.6 Å². The third-order valence-corrected chi connectivity index (χ3v) is 8.25. The SMILES string of the molecule is O=C1NCC[C@@]12Cc1cnc(Nc3ccc(OCCN4CCCCC4)nc3)nc1N(C1CCCC1)C2=O. The van der Waals surface area contributed by atoms with E-state index < -0.39 is 5.41 Å². The molecule has 0 unspecified atom stereocenters. The molecule has 4 aliphatic rings. The van der Waals surface area contributed by atoms with Crippen molar-refractivity contribution in [2.75, 3.05) is 43.0 Å². The monoisotopic (exact) mass is 505 g/mol. The Morgan fingerprint density at radius 2 is 1.89 bits per heavy atom. The first kappa shape index (κ1) is 24.1. The molecule has 2 amide bonds. The van der Waals surface area contributed by atoms with Crippen molar-refractivity contribution in [1.29, 1.82) is 0 Å². The first-order chi connectivity index (χ1) is 18.1. The fraction of sp³-hybridized carbons (Fsp3) is 0.593. The molecule has 196 valence electrons. The minimum atomic E-state index is -1.03. The van der Waals surface area contributed by atoms with E-state index in [1.54, 1.807) is 17.3 Å². The second-order valence-corrected chi connectivity index (χ2v) is 10.7. The Bertz CT molecular complexity index is 1150. The summed E-state index contributed by atoms with van der Waals surface area (Å²) in [7, 11) is 0. The summed E-state index contributed by atoms with van der Waals surface area (Å²) in [5.41, 5.74) is 0.566. The van der Waals surface area contributed by atoms with Gasteiger partial charge < -0.3 is 15.4 Å². The number of aromatic nitrogens is 3. The van der Waals surface area contributed by atoms with E-state index in [9.17, 15) is 9.59 Å².